The molecule has 0 aliphatic heterocycles. The van der Waals surface area contributed by atoms with Crippen LogP contribution < -0.4 is 0 Å². The van der Waals surface area contributed by atoms with Gasteiger partial charge >= 0.3 is 0 Å². The number of halogens is 1. The van der Waals surface area contributed by atoms with E-state index in [4.69, 9.17) is 11.6 Å². The third-order valence-electron chi connectivity index (χ3n) is 3.16. The minimum absolute atomic E-state index is 0.609. The first-order valence-corrected chi connectivity index (χ1v) is 6.53. The van der Waals surface area contributed by atoms with E-state index in [2.05, 4.69) is 6.07 Å². The van der Waals surface area contributed by atoms with E-state index in [1.807, 2.05) is 60.7 Å². The molecule has 0 bridgehead atoms. The molecule has 2 aromatic rings. The van der Waals surface area contributed by atoms with Gasteiger partial charge in [-0.15, -0.1) is 0 Å². The van der Waals surface area contributed by atoms with Crippen LogP contribution in [0.3, 0.4) is 0 Å². The van der Waals surface area contributed by atoms with Gasteiger partial charge in [0.2, 0.25) is 0 Å². The van der Waals surface area contributed by atoms with Gasteiger partial charge in [-0.25, -0.2) is 0 Å². The van der Waals surface area contributed by atoms with Crippen LogP contribution in [0.4, 0.5) is 0 Å². The zero-order valence-corrected chi connectivity index (χ0v) is 11.2. The Kier molecular flexibility index (Phi) is 4.39. The Labute approximate surface area is 118 Å². The summed E-state index contributed by atoms with van der Waals surface area (Å²) in [5.74, 6) is 0. The van der Waals surface area contributed by atoms with Crippen molar-refractivity contribution >= 4 is 11.6 Å². The van der Waals surface area contributed by atoms with E-state index >= 15 is 0 Å². The first-order chi connectivity index (χ1) is 9.30. The zero-order valence-electron chi connectivity index (χ0n) is 10.5. The summed E-state index contributed by atoms with van der Waals surface area (Å²) in [5.41, 5.74) is 2.78. The molecule has 19 heavy (non-hydrogen) atoms. The average molecular weight is 268 g/mol. The van der Waals surface area contributed by atoms with Crippen molar-refractivity contribution in [2.45, 2.75) is 11.8 Å². The molecule has 0 aromatic heterocycles. The number of benzene rings is 2. The van der Waals surface area contributed by atoms with Gasteiger partial charge in [-0.05, 0) is 23.6 Å². The van der Waals surface area contributed by atoms with Crippen molar-refractivity contribution in [3.05, 3.63) is 83.4 Å². The predicted octanol–water partition coefficient (Wildman–Crippen LogP) is 4.44. The molecule has 0 aliphatic carbocycles. The lowest BCUT2D eigenvalue weighted by Crippen LogP contribution is -2.24. The summed E-state index contributed by atoms with van der Waals surface area (Å²) < 4.78 is 0. The summed E-state index contributed by atoms with van der Waals surface area (Å²) >= 11 is 5.75. The highest BCUT2D eigenvalue weighted by atomic mass is 35.5. The highest BCUT2D eigenvalue weighted by molar-refractivity contribution is 6.25. The van der Waals surface area contributed by atoms with Crippen molar-refractivity contribution in [1.29, 1.82) is 5.26 Å². The molecule has 1 atom stereocenters. The van der Waals surface area contributed by atoms with Gasteiger partial charge in [-0.3, -0.25) is 0 Å². The lowest BCUT2D eigenvalue weighted by atomic mass is 9.77. The summed E-state index contributed by atoms with van der Waals surface area (Å²) in [7, 11) is 0. The second-order valence-electron chi connectivity index (χ2n) is 4.40. The molecule has 0 radical (unpaired) electrons. The Morgan fingerprint density at radius 3 is 2.11 bits per heavy atom. The van der Waals surface area contributed by atoms with Crippen LogP contribution in [-0.2, 0) is 11.8 Å². The van der Waals surface area contributed by atoms with Crippen LogP contribution in [0.2, 0.25) is 0 Å². The summed E-state index contributed by atoms with van der Waals surface area (Å²) in [6.45, 7) is 0. The normalized spacial score (nSPS) is 13.9. The second kappa shape index (κ2) is 6.22. The van der Waals surface area contributed by atoms with Gasteiger partial charge in [0.15, 0.2) is 0 Å². The number of rotatable bonds is 4. The monoisotopic (exact) mass is 267 g/mol. The molecule has 0 spiro atoms. The molecule has 0 amide bonds. The fraction of sp³-hybridized carbons (Fsp3) is 0.118. The molecule has 0 saturated heterocycles. The summed E-state index contributed by atoms with van der Waals surface area (Å²) in [6.07, 6.45) is 2.37. The van der Waals surface area contributed by atoms with Gasteiger partial charge < -0.3 is 0 Å². The average Bonchev–Trinajstić information content (AvgIpc) is 2.49. The van der Waals surface area contributed by atoms with E-state index in [0.717, 1.165) is 11.1 Å². The first kappa shape index (κ1) is 13.4. The van der Waals surface area contributed by atoms with E-state index in [0.29, 0.717) is 6.42 Å². The van der Waals surface area contributed by atoms with Crippen LogP contribution >= 0.6 is 11.6 Å². The van der Waals surface area contributed by atoms with E-state index in [-0.39, 0.29) is 0 Å². The van der Waals surface area contributed by atoms with Crippen molar-refractivity contribution in [1.82, 2.24) is 0 Å². The van der Waals surface area contributed by atoms with Gasteiger partial charge in [0.25, 0.3) is 0 Å². The van der Waals surface area contributed by atoms with E-state index in [9.17, 15) is 5.26 Å². The van der Waals surface area contributed by atoms with Crippen LogP contribution in [0, 0.1) is 11.3 Å². The molecular formula is C17H14ClN. The molecule has 0 N–H and O–H groups in total. The van der Waals surface area contributed by atoms with Crippen LogP contribution in [0.5, 0.6) is 0 Å². The predicted molar refractivity (Wildman–Crippen MR) is 78.9 cm³/mol. The van der Waals surface area contributed by atoms with Gasteiger partial charge in [-0.2, -0.15) is 5.26 Å². The topological polar surface area (TPSA) is 23.8 Å². The molecule has 2 rings (SSSR count). The first-order valence-electron chi connectivity index (χ1n) is 6.09. The number of hydrogen-bond donors (Lipinski definition) is 0. The van der Waals surface area contributed by atoms with Crippen molar-refractivity contribution in [2.24, 2.45) is 0 Å². The maximum absolute atomic E-state index is 9.66. The van der Waals surface area contributed by atoms with Crippen LogP contribution in [0.25, 0.3) is 0 Å². The number of nitrogens with zero attached hydrogens (tertiary/aromatic N) is 1. The van der Waals surface area contributed by atoms with E-state index < -0.39 is 5.41 Å². The van der Waals surface area contributed by atoms with Crippen molar-refractivity contribution in [3.8, 4) is 6.07 Å². The fourth-order valence-electron chi connectivity index (χ4n) is 2.16. The number of allylic oxidation sites excluding steroid dienone is 1. The Bertz CT molecular complexity index is 584. The molecule has 1 nitrogen and oxygen atoms in total. The summed E-state index contributed by atoms with van der Waals surface area (Å²) in [6, 6.07) is 22.1. The quantitative estimate of drug-likeness (QED) is 0.803. The third-order valence-corrected chi connectivity index (χ3v) is 3.29. The standard InChI is InChI=1S/C17H14ClN/c18-12-11-17(14-19,16-9-5-2-6-10-16)13-15-7-3-1-4-8-15/h1-12H,13H2/b12-11+. The molecule has 0 heterocycles. The smallest absolute Gasteiger partial charge is 0.105 e. The van der Waals surface area contributed by atoms with Gasteiger partial charge in [0.1, 0.15) is 5.41 Å². The minimum atomic E-state index is -0.718. The fourth-order valence-corrected chi connectivity index (χ4v) is 2.37. The lowest BCUT2D eigenvalue weighted by molar-refractivity contribution is 0.680. The Morgan fingerprint density at radius 1 is 1.00 bits per heavy atom. The number of nitriles is 1. The van der Waals surface area contributed by atoms with E-state index in [1.165, 1.54) is 5.54 Å². The Morgan fingerprint density at radius 2 is 1.58 bits per heavy atom. The molecular weight excluding hydrogens is 254 g/mol. The lowest BCUT2D eigenvalue weighted by Gasteiger charge is -2.23. The maximum Gasteiger partial charge on any atom is 0.105 e. The zero-order chi connectivity index (χ0) is 13.6. The summed E-state index contributed by atoms with van der Waals surface area (Å²) in [4.78, 5) is 0. The minimum Gasteiger partial charge on any atom is -0.197 e. The second-order valence-corrected chi connectivity index (χ2v) is 4.66. The highest BCUT2D eigenvalue weighted by Crippen LogP contribution is 2.30. The summed E-state index contributed by atoms with van der Waals surface area (Å²) in [5, 5.41) is 9.66. The van der Waals surface area contributed by atoms with Crippen molar-refractivity contribution < 1.29 is 0 Å². The SMILES string of the molecule is N#CC(/C=C/Cl)(Cc1ccccc1)c1ccccc1. The highest BCUT2D eigenvalue weighted by Gasteiger charge is 2.29. The molecule has 0 saturated carbocycles. The molecule has 2 heteroatoms. The van der Waals surface area contributed by atoms with E-state index in [1.54, 1.807) is 6.08 Å². The molecule has 0 fully saturated rings. The third kappa shape index (κ3) is 3.05. The maximum atomic E-state index is 9.66. The van der Waals surface area contributed by atoms with Crippen LogP contribution in [0.1, 0.15) is 11.1 Å². The van der Waals surface area contributed by atoms with Crippen LogP contribution in [-0.4, -0.2) is 0 Å². The van der Waals surface area contributed by atoms with Gasteiger partial charge in [0.05, 0.1) is 6.07 Å². The van der Waals surface area contributed by atoms with Gasteiger partial charge in [0, 0.05) is 5.54 Å². The number of hydrogen-bond acceptors (Lipinski definition) is 1. The molecule has 94 valence electrons. The Balaban J connectivity index is 2.44. The van der Waals surface area contributed by atoms with Crippen molar-refractivity contribution in [3.63, 3.8) is 0 Å². The largest absolute Gasteiger partial charge is 0.197 e. The molecule has 1 unspecified atom stereocenters. The van der Waals surface area contributed by atoms with Crippen molar-refractivity contribution in [2.75, 3.05) is 0 Å². The van der Waals surface area contributed by atoms with Crippen LogP contribution in [0.15, 0.2) is 72.3 Å². The van der Waals surface area contributed by atoms with Gasteiger partial charge in [-0.1, -0.05) is 72.3 Å². The molecule has 2 aromatic carbocycles. The Hall–Kier alpha value is -2.04. The molecule has 0 aliphatic rings.